The summed E-state index contributed by atoms with van der Waals surface area (Å²) >= 11 is 5.97. The van der Waals surface area contributed by atoms with Gasteiger partial charge in [-0.3, -0.25) is 14.6 Å². The van der Waals surface area contributed by atoms with Crippen molar-refractivity contribution in [1.29, 1.82) is 0 Å². The van der Waals surface area contributed by atoms with Gasteiger partial charge in [0, 0.05) is 40.1 Å². The second-order valence-electron chi connectivity index (χ2n) is 9.26. The van der Waals surface area contributed by atoms with Gasteiger partial charge in [0.05, 0.1) is 12.6 Å². The molecule has 13 heteroatoms. The monoisotopic (exact) mass is 587 g/mol. The van der Waals surface area contributed by atoms with E-state index in [0.717, 1.165) is 6.07 Å². The van der Waals surface area contributed by atoms with E-state index in [-0.39, 0.29) is 49.0 Å². The minimum Gasteiger partial charge on any atom is -1.00 e. The van der Waals surface area contributed by atoms with E-state index in [1.807, 2.05) is 0 Å². The van der Waals surface area contributed by atoms with Crippen LogP contribution in [-0.4, -0.2) is 41.6 Å². The number of fused-ring (bicyclic) bond motifs is 1. The second-order valence-corrected chi connectivity index (χ2v) is 9.70. The minimum atomic E-state index is -1.25. The number of hydrogen-bond donors (Lipinski definition) is 3. The van der Waals surface area contributed by atoms with Gasteiger partial charge in [-0.2, -0.15) is 0 Å². The van der Waals surface area contributed by atoms with Gasteiger partial charge in [0.1, 0.15) is 11.2 Å². The maximum absolute atomic E-state index is 15.1. The number of aliphatic carboxylic acids is 1. The Balaban J connectivity index is 0.00000253. The zero-order valence-electron chi connectivity index (χ0n) is 23.6. The third-order valence-electron chi connectivity index (χ3n) is 6.45. The smallest absolute Gasteiger partial charge is 1.00 e. The molecule has 1 saturated carbocycles. The molecule has 0 unspecified atom stereocenters. The van der Waals surface area contributed by atoms with E-state index in [2.05, 4.69) is 15.6 Å². The molecule has 1 aliphatic rings. The normalized spacial score (nSPS) is 12.9. The van der Waals surface area contributed by atoms with Crippen LogP contribution < -0.4 is 43.7 Å². The van der Waals surface area contributed by atoms with Gasteiger partial charge in [0.25, 0.3) is 0 Å². The van der Waals surface area contributed by atoms with Crippen molar-refractivity contribution < 1.29 is 58.4 Å². The van der Waals surface area contributed by atoms with Crippen LogP contribution in [0.5, 0.6) is 23.0 Å². The molecule has 0 atom stereocenters. The molecule has 0 bridgehead atoms. The summed E-state index contributed by atoms with van der Waals surface area (Å²) < 4.78 is 31.5. The van der Waals surface area contributed by atoms with E-state index in [1.165, 1.54) is 37.6 Å². The van der Waals surface area contributed by atoms with E-state index in [1.54, 1.807) is 30.3 Å². The summed E-state index contributed by atoms with van der Waals surface area (Å²) in [7, 11) is 1.39. The number of anilines is 2. The molecule has 0 aliphatic heterocycles. The van der Waals surface area contributed by atoms with Gasteiger partial charge in [-0.25, -0.2) is 9.18 Å². The van der Waals surface area contributed by atoms with Crippen LogP contribution in [0.3, 0.4) is 0 Å². The van der Waals surface area contributed by atoms with Crippen molar-refractivity contribution >= 4 is 51.7 Å². The fourth-order valence-electron chi connectivity index (χ4n) is 4.16. The Morgan fingerprint density at radius 3 is 2.31 bits per heavy atom. The van der Waals surface area contributed by atoms with Crippen molar-refractivity contribution in [2.45, 2.75) is 12.8 Å². The zero-order chi connectivity index (χ0) is 29.1. The Labute approximate surface area is 257 Å². The van der Waals surface area contributed by atoms with E-state index in [4.69, 9.17) is 30.9 Å². The van der Waals surface area contributed by atoms with E-state index < -0.39 is 35.6 Å². The number of ether oxygens (including phenoxy) is 3. The molecule has 1 aliphatic carbocycles. The molecule has 0 spiro atoms. The average molecular weight is 588 g/mol. The number of benzene rings is 3. The van der Waals surface area contributed by atoms with Crippen LogP contribution in [0.15, 0.2) is 66.9 Å². The first-order valence-corrected chi connectivity index (χ1v) is 12.7. The predicted octanol–water partition coefficient (Wildman–Crippen LogP) is 2.77. The third-order valence-corrected chi connectivity index (χ3v) is 6.68. The minimum absolute atomic E-state index is 0. The topological polar surface area (TPSA) is 136 Å². The summed E-state index contributed by atoms with van der Waals surface area (Å²) in [6, 6.07) is 15.1. The molecule has 3 N–H and O–H groups in total. The third kappa shape index (κ3) is 6.60. The van der Waals surface area contributed by atoms with E-state index >= 15 is 4.39 Å². The predicted molar refractivity (Wildman–Crippen MR) is 149 cm³/mol. The van der Waals surface area contributed by atoms with Gasteiger partial charge < -0.3 is 31.4 Å². The number of carbonyl (C=O) groups excluding carboxylic acids is 2. The molecule has 10 nitrogen and oxygen atoms in total. The molecular formula is C29H24ClFLiN3O7. The Morgan fingerprint density at radius 2 is 1.69 bits per heavy atom. The summed E-state index contributed by atoms with van der Waals surface area (Å²) in [4.78, 5) is 41.0. The molecule has 1 aromatic heterocycles. The van der Waals surface area contributed by atoms with Gasteiger partial charge in [0.15, 0.2) is 29.7 Å². The summed E-state index contributed by atoms with van der Waals surface area (Å²) in [5.74, 6) is -2.37. The molecular weight excluding hydrogens is 564 g/mol. The Hall–Kier alpha value is -4.30. The average Bonchev–Trinajstić information content (AvgIpc) is 3.75. The van der Waals surface area contributed by atoms with Gasteiger partial charge in [-0.1, -0.05) is 17.7 Å². The standard InChI is InChI=1S/C29H23ClFN3O7.Li.H/c1-39-24-13-19-21(14-25(24)40-15-26(35)36)32-10-7-22(19)41-23-6-5-18(12-20(23)31)34-28(38)29(8-9-29)27(37)33-17-4-2-3-16(30)11-17;;/h2-7,10-14H,8-9,15H2,1H3,(H,33,37)(H,34,38)(H,35,36);;/q;+1;-1. The molecule has 5 rings (SSSR count). The fraction of sp³-hybridized carbons (Fsp3) is 0.172. The summed E-state index contributed by atoms with van der Waals surface area (Å²) in [6.45, 7) is -0.570. The zero-order valence-corrected chi connectivity index (χ0v) is 23.3. The maximum atomic E-state index is 15.1. The molecule has 1 heterocycles. The molecule has 212 valence electrons. The Bertz CT molecular complexity index is 1690. The van der Waals surface area contributed by atoms with Crippen LogP contribution in [-0.2, 0) is 14.4 Å². The summed E-state index contributed by atoms with van der Waals surface area (Å²) in [5.41, 5.74) is -0.225. The number of amides is 2. The molecule has 4 aromatic rings. The fourth-order valence-corrected chi connectivity index (χ4v) is 4.35. The van der Waals surface area contributed by atoms with Crippen LogP contribution >= 0.6 is 11.6 Å². The van der Waals surface area contributed by atoms with Crippen molar-refractivity contribution in [2.75, 3.05) is 24.4 Å². The number of halogens is 2. The first-order valence-electron chi connectivity index (χ1n) is 12.4. The van der Waals surface area contributed by atoms with E-state index in [9.17, 15) is 14.4 Å². The van der Waals surface area contributed by atoms with Crippen LogP contribution in [0, 0.1) is 11.2 Å². The van der Waals surface area contributed by atoms with Gasteiger partial charge in [-0.15, -0.1) is 0 Å². The first-order chi connectivity index (χ1) is 19.7. The van der Waals surface area contributed by atoms with Crippen LogP contribution in [0.2, 0.25) is 5.02 Å². The van der Waals surface area contributed by atoms with Gasteiger partial charge in [0.2, 0.25) is 11.8 Å². The van der Waals surface area contributed by atoms with Crippen molar-refractivity contribution in [1.82, 2.24) is 4.98 Å². The number of nitrogens with zero attached hydrogens (tertiary/aromatic N) is 1. The molecule has 0 saturated heterocycles. The quantitative estimate of drug-likeness (QED) is 0.190. The van der Waals surface area contributed by atoms with E-state index in [0.29, 0.717) is 34.5 Å². The molecule has 42 heavy (non-hydrogen) atoms. The van der Waals surface area contributed by atoms with Crippen molar-refractivity contribution in [3.63, 3.8) is 0 Å². The molecule has 2 amide bonds. The number of aromatic nitrogens is 1. The second kappa shape index (κ2) is 12.7. The number of hydrogen-bond acceptors (Lipinski definition) is 7. The van der Waals surface area contributed by atoms with Crippen molar-refractivity contribution in [3.8, 4) is 23.0 Å². The first kappa shape index (κ1) is 30.7. The SMILES string of the molecule is COc1cc2c(Oc3ccc(NC(=O)C4(C(=O)Nc5cccc(Cl)c5)CC4)cc3F)ccnc2cc1OCC(=O)O.[H-].[Li+]. The van der Waals surface area contributed by atoms with Crippen LogP contribution in [0.25, 0.3) is 10.9 Å². The molecule has 0 radical (unpaired) electrons. The molecule has 1 fully saturated rings. The number of carbonyl (C=O) groups is 3. The van der Waals surface area contributed by atoms with Crippen LogP contribution in [0.1, 0.15) is 14.3 Å². The van der Waals surface area contributed by atoms with Gasteiger partial charge in [-0.05, 0) is 55.3 Å². The Kier molecular flexibility index (Phi) is 9.26. The number of rotatable bonds is 10. The van der Waals surface area contributed by atoms with Crippen LogP contribution in [0.4, 0.5) is 15.8 Å². The number of carboxylic acid groups (broad SMARTS) is 1. The molecule has 3 aromatic carbocycles. The number of carboxylic acids is 1. The number of nitrogens with one attached hydrogen (secondary N) is 2. The van der Waals surface area contributed by atoms with Crippen molar-refractivity contribution in [3.05, 3.63) is 77.7 Å². The summed E-state index contributed by atoms with van der Waals surface area (Å²) in [6.07, 6.45) is 2.16. The van der Waals surface area contributed by atoms with Gasteiger partial charge >= 0.3 is 24.8 Å². The largest absolute Gasteiger partial charge is 1.00 e. The number of methoxy groups -OCH3 is 1. The summed E-state index contributed by atoms with van der Waals surface area (Å²) in [5, 5.41) is 15.1. The van der Waals surface area contributed by atoms with Crippen molar-refractivity contribution in [2.24, 2.45) is 5.41 Å². The Morgan fingerprint density at radius 1 is 0.976 bits per heavy atom. The number of pyridine rings is 1. The maximum Gasteiger partial charge on any atom is 1.00 e.